The average Bonchev–Trinajstić information content (AvgIpc) is 3.74. The molecular weight excluding hydrogens is 651 g/mol. The smallest absolute Gasteiger partial charge is 0.308 e. The number of ketones is 1. The van der Waals surface area contributed by atoms with Gasteiger partial charge in [0.25, 0.3) is 5.91 Å². The Morgan fingerprint density at radius 3 is 2.43 bits per heavy atom. The molecule has 49 heavy (non-hydrogen) atoms. The van der Waals surface area contributed by atoms with Crippen molar-refractivity contribution in [2.45, 2.75) is 76.3 Å². The van der Waals surface area contributed by atoms with Crippen molar-refractivity contribution in [1.29, 1.82) is 0 Å². The van der Waals surface area contributed by atoms with E-state index in [2.05, 4.69) is 10.2 Å². The number of esters is 1. The van der Waals surface area contributed by atoms with Crippen LogP contribution in [0.3, 0.4) is 0 Å². The third kappa shape index (κ3) is 7.01. The minimum atomic E-state index is -1.43. The summed E-state index contributed by atoms with van der Waals surface area (Å²) in [6.07, 6.45) is 5.44. The molecule has 1 atom stereocenters. The number of aromatic nitrogens is 1. The van der Waals surface area contributed by atoms with Gasteiger partial charge < -0.3 is 24.1 Å². The fourth-order valence-corrected chi connectivity index (χ4v) is 7.85. The lowest BCUT2D eigenvalue weighted by atomic mass is 9.86. The number of carbonyl (C=O) groups is 3. The molecule has 3 aromatic rings. The summed E-state index contributed by atoms with van der Waals surface area (Å²) in [6.45, 7) is 6.39. The van der Waals surface area contributed by atoms with Crippen LogP contribution in [0.25, 0.3) is 10.9 Å². The van der Waals surface area contributed by atoms with Gasteiger partial charge in [-0.1, -0.05) is 29.8 Å². The number of rotatable bonds is 12. The van der Waals surface area contributed by atoms with E-state index in [9.17, 15) is 14.4 Å². The maximum Gasteiger partial charge on any atom is 0.308 e. The molecule has 2 aliphatic heterocycles. The zero-order valence-corrected chi connectivity index (χ0v) is 29.5. The number of hydrogen-bond acceptors (Lipinski definition) is 8. The second-order valence-electron chi connectivity index (χ2n) is 13.8. The molecule has 1 unspecified atom stereocenters. The van der Waals surface area contributed by atoms with Crippen molar-refractivity contribution in [3.8, 4) is 0 Å². The number of aryl methyl sites for hydroxylation is 1. The zero-order chi connectivity index (χ0) is 34.9. The molecule has 1 amide bonds. The summed E-state index contributed by atoms with van der Waals surface area (Å²) in [7, 11) is 3.51. The van der Waals surface area contributed by atoms with E-state index < -0.39 is 23.2 Å². The Balaban J connectivity index is 1.25. The predicted octanol–water partition coefficient (Wildman–Crippen LogP) is 5.94. The summed E-state index contributed by atoms with van der Waals surface area (Å²) in [5.74, 6) is -3.17. The second-order valence-corrected chi connectivity index (χ2v) is 14.2. The molecule has 0 bridgehead atoms. The van der Waals surface area contributed by atoms with Gasteiger partial charge in [-0.15, -0.1) is 0 Å². The lowest BCUT2D eigenvalue weighted by Gasteiger charge is -2.58. The van der Waals surface area contributed by atoms with Gasteiger partial charge in [0.2, 0.25) is 5.85 Å². The number of benzene rings is 2. The molecule has 3 aliphatic rings. The summed E-state index contributed by atoms with van der Waals surface area (Å²) in [4.78, 5) is 44.5. The Bertz CT molecular complexity index is 1710. The van der Waals surface area contributed by atoms with Crippen LogP contribution in [0.4, 0.5) is 10.1 Å². The van der Waals surface area contributed by atoms with Crippen molar-refractivity contribution >= 4 is 45.9 Å². The van der Waals surface area contributed by atoms with Crippen LogP contribution in [0.5, 0.6) is 0 Å². The molecule has 1 saturated carbocycles. The third-order valence-corrected chi connectivity index (χ3v) is 10.7. The van der Waals surface area contributed by atoms with Crippen LogP contribution in [-0.4, -0.2) is 89.5 Å². The first kappa shape index (κ1) is 35.5. The van der Waals surface area contributed by atoms with Gasteiger partial charge in [0, 0.05) is 63.9 Å². The Morgan fingerprint density at radius 2 is 1.76 bits per heavy atom. The van der Waals surface area contributed by atoms with E-state index in [1.54, 1.807) is 20.2 Å². The average molecular weight is 697 g/mol. The molecular formula is C37H46ClFN4O6. The quantitative estimate of drug-likeness (QED) is 0.232. The van der Waals surface area contributed by atoms with E-state index in [0.29, 0.717) is 64.0 Å². The summed E-state index contributed by atoms with van der Waals surface area (Å²) in [6, 6.07) is 10.1. The Morgan fingerprint density at radius 1 is 1.06 bits per heavy atom. The number of anilines is 1. The minimum Gasteiger partial charge on any atom is -0.466 e. The number of ether oxygens (including phenoxy) is 3. The van der Waals surface area contributed by atoms with Crippen LogP contribution < -0.4 is 5.32 Å². The highest BCUT2D eigenvalue weighted by atomic mass is 35.5. The number of methoxy groups -OCH3 is 1. The fraction of sp³-hybridized carbons (Fsp3) is 0.541. The maximum atomic E-state index is 15.9. The van der Waals surface area contributed by atoms with Crippen LogP contribution in [0, 0.1) is 11.7 Å². The van der Waals surface area contributed by atoms with E-state index in [0.717, 1.165) is 23.7 Å². The summed E-state index contributed by atoms with van der Waals surface area (Å²) in [5.41, 5.74) is 1.12. The normalized spacial score (nSPS) is 22.4. The van der Waals surface area contributed by atoms with Gasteiger partial charge in [0.15, 0.2) is 5.78 Å². The minimum absolute atomic E-state index is 0.117. The van der Waals surface area contributed by atoms with Crippen molar-refractivity contribution in [2.24, 2.45) is 13.0 Å². The maximum absolute atomic E-state index is 15.9. The molecule has 264 valence electrons. The number of amides is 1. The second kappa shape index (κ2) is 14.5. The third-order valence-electron chi connectivity index (χ3n) is 10.4. The Kier molecular flexibility index (Phi) is 10.5. The number of para-hydroxylation sites is 1. The van der Waals surface area contributed by atoms with E-state index in [1.165, 1.54) is 12.1 Å². The molecule has 10 nitrogen and oxygen atoms in total. The van der Waals surface area contributed by atoms with E-state index in [1.807, 2.05) is 47.7 Å². The van der Waals surface area contributed by atoms with Crippen LogP contribution in [-0.2, 0) is 37.3 Å². The number of carbonyl (C=O) groups excluding carboxylic acids is 3. The largest absolute Gasteiger partial charge is 0.466 e. The van der Waals surface area contributed by atoms with Gasteiger partial charge >= 0.3 is 5.97 Å². The molecule has 1 N–H and O–H groups in total. The zero-order valence-electron chi connectivity index (χ0n) is 28.7. The first-order chi connectivity index (χ1) is 23.5. The monoisotopic (exact) mass is 696 g/mol. The van der Waals surface area contributed by atoms with Gasteiger partial charge in [-0.05, 0) is 76.1 Å². The number of nitrogens with one attached hydrogen (secondary N) is 1. The molecule has 12 heteroatoms. The number of likely N-dealkylation sites (tertiary alicyclic amines) is 2. The molecule has 2 aromatic carbocycles. The molecule has 6 rings (SSSR count). The molecule has 3 heterocycles. The van der Waals surface area contributed by atoms with Crippen molar-refractivity contribution in [3.05, 3.63) is 64.6 Å². The highest BCUT2D eigenvalue weighted by molar-refractivity contribution is 6.34. The first-order valence-electron chi connectivity index (χ1n) is 17.2. The molecule has 1 aromatic heterocycles. The predicted molar refractivity (Wildman–Crippen MR) is 185 cm³/mol. The molecule has 3 fully saturated rings. The van der Waals surface area contributed by atoms with Crippen molar-refractivity contribution in [3.63, 3.8) is 0 Å². The van der Waals surface area contributed by atoms with Gasteiger partial charge in [0.05, 0.1) is 40.5 Å². The molecule has 0 radical (unpaired) electrons. The van der Waals surface area contributed by atoms with Crippen molar-refractivity contribution < 1.29 is 33.0 Å². The number of Topliss-reactive ketones (excluding diaryl/α,β-unsaturated/α-hetero) is 1. The van der Waals surface area contributed by atoms with Crippen LogP contribution in [0.1, 0.15) is 68.3 Å². The standard InChI is InChI=1S/C37H46ClFN4O6/c1-5-48-35(46)24-12-14-26(15-13-24)49-37(42-16-8-9-17-42,43-22-36(2,23-43)47-4)33(44)19-25-18-29(38)31(20-30(25)39)40-34(45)28-21-41(3)32-11-7-6-10-27(28)32/h6-7,10-11,18,20-21,24,26H,5,8-9,12-17,19,22-23H2,1-4H3,(H,40,45). The van der Waals surface area contributed by atoms with Crippen molar-refractivity contribution in [2.75, 3.05) is 45.2 Å². The first-order valence-corrected chi connectivity index (χ1v) is 17.6. The van der Waals surface area contributed by atoms with Crippen LogP contribution in [0.2, 0.25) is 5.02 Å². The number of hydrogen-bond donors (Lipinski definition) is 1. The Labute approximate surface area is 291 Å². The van der Waals surface area contributed by atoms with E-state index in [4.69, 9.17) is 25.8 Å². The summed E-state index contributed by atoms with van der Waals surface area (Å²) in [5, 5.41) is 3.65. The van der Waals surface area contributed by atoms with Gasteiger partial charge in [-0.2, -0.15) is 0 Å². The van der Waals surface area contributed by atoms with Crippen LogP contribution >= 0.6 is 11.6 Å². The number of halogens is 2. The molecule has 1 aliphatic carbocycles. The highest BCUT2D eigenvalue weighted by Gasteiger charge is 2.59. The van der Waals surface area contributed by atoms with Crippen LogP contribution in [0.15, 0.2) is 42.6 Å². The molecule has 2 saturated heterocycles. The number of nitrogens with zero attached hydrogens (tertiary/aromatic N) is 3. The molecule has 0 spiro atoms. The SMILES string of the molecule is CCOC(=O)C1CCC(OC(C(=O)Cc2cc(Cl)c(NC(=O)c3cn(C)c4ccccc34)cc2F)(N2CCCC2)N2CC(C)(OC)C2)CC1. The van der Waals surface area contributed by atoms with Crippen molar-refractivity contribution in [1.82, 2.24) is 14.4 Å². The number of fused-ring (bicyclic) bond motifs is 1. The van der Waals surface area contributed by atoms with E-state index >= 15 is 4.39 Å². The lowest BCUT2D eigenvalue weighted by Crippen LogP contribution is -2.77. The highest BCUT2D eigenvalue weighted by Crippen LogP contribution is 2.41. The van der Waals surface area contributed by atoms with E-state index in [-0.39, 0.29) is 46.5 Å². The van der Waals surface area contributed by atoms with Gasteiger partial charge in [-0.3, -0.25) is 24.2 Å². The Hall–Kier alpha value is -3.35. The summed E-state index contributed by atoms with van der Waals surface area (Å²) >= 11 is 6.65. The summed E-state index contributed by atoms with van der Waals surface area (Å²) < 4.78 is 35.7. The van der Waals surface area contributed by atoms with Gasteiger partial charge in [0.1, 0.15) is 5.82 Å². The van der Waals surface area contributed by atoms with Gasteiger partial charge in [-0.25, -0.2) is 4.39 Å². The fourth-order valence-electron chi connectivity index (χ4n) is 7.62. The lowest BCUT2D eigenvalue weighted by molar-refractivity contribution is -0.297. The topological polar surface area (TPSA) is 102 Å².